The van der Waals surface area contributed by atoms with Crippen molar-refractivity contribution in [1.82, 2.24) is 0 Å². The summed E-state index contributed by atoms with van der Waals surface area (Å²) in [5.41, 5.74) is 0. The molecule has 0 rings (SSSR count). The molecule has 0 aromatic heterocycles. The van der Waals surface area contributed by atoms with Gasteiger partial charge in [-0.15, -0.1) is 0 Å². The molecule has 258 valence electrons. The molecule has 43 heavy (non-hydrogen) atoms. The van der Waals surface area contributed by atoms with E-state index in [1.54, 1.807) is 0 Å². The van der Waals surface area contributed by atoms with Crippen molar-refractivity contribution in [1.29, 1.82) is 0 Å². The molecule has 0 saturated heterocycles. The van der Waals surface area contributed by atoms with E-state index in [0.717, 1.165) is 25.7 Å². The second-order valence-electron chi connectivity index (χ2n) is 9.23. The second kappa shape index (κ2) is 37.2. The van der Waals surface area contributed by atoms with Gasteiger partial charge in [-0.25, -0.2) is 4.39 Å². The maximum atomic E-state index is 12.0. The Morgan fingerprint density at radius 3 is 1.00 bits per heavy atom. The van der Waals surface area contributed by atoms with Gasteiger partial charge >= 0.3 is 5.97 Å². The standard InChI is InChI=1S/C30H59FO12/c1-3-5-6-29(4-2)30(32)43-28-27-42-26-25-41-24-23-40-22-21-39-20-19-38-18-17-37-16-15-36-14-13-35-12-11-34-10-9-33-8-7-31/h29H,3-28H2,1-2H3. The van der Waals surface area contributed by atoms with Gasteiger partial charge in [-0.05, 0) is 12.8 Å². The molecule has 0 aliphatic carbocycles. The van der Waals surface area contributed by atoms with E-state index >= 15 is 0 Å². The van der Waals surface area contributed by atoms with Crippen LogP contribution in [0.2, 0.25) is 0 Å². The van der Waals surface area contributed by atoms with E-state index in [9.17, 15) is 9.18 Å². The fraction of sp³-hybridized carbons (Fsp3) is 0.967. The van der Waals surface area contributed by atoms with Crippen molar-refractivity contribution < 1.29 is 61.3 Å². The van der Waals surface area contributed by atoms with E-state index in [1.807, 2.05) is 6.92 Å². The first-order valence-corrected chi connectivity index (χ1v) is 15.8. The SMILES string of the molecule is CCCCC(CC)C(=O)OCCOCCOCCOCCOCCOCCOCCOCCOCCOCCOCCF. The van der Waals surface area contributed by atoms with Gasteiger partial charge in [0.25, 0.3) is 0 Å². The molecule has 0 bridgehead atoms. The molecule has 0 fully saturated rings. The number of ether oxygens (including phenoxy) is 11. The highest BCUT2D eigenvalue weighted by Crippen LogP contribution is 2.14. The smallest absolute Gasteiger partial charge is 0.308 e. The predicted octanol–water partition coefficient (Wildman–Crippen LogP) is 2.88. The van der Waals surface area contributed by atoms with Crippen molar-refractivity contribution in [3.63, 3.8) is 0 Å². The molecule has 0 aromatic rings. The predicted molar refractivity (Wildman–Crippen MR) is 158 cm³/mol. The van der Waals surface area contributed by atoms with E-state index in [-0.39, 0.29) is 25.1 Å². The van der Waals surface area contributed by atoms with Gasteiger partial charge < -0.3 is 52.1 Å². The lowest BCUT2D eigenvalue weighted by atomic mass is 10.00. The number of carbonyl (C=O) groups excluding carboxylic acids is 1. The third kappa shape index (κ3) is 33.7. The van der Waals surface area contributed by atoms with E-state index in [2.05, 4.69) is 6.92 Å². The number of rotatable bonds is 37. The molecule has 0 amide bonds. The van der Waals surface area contributed by atoms with Crippen LogP contribution >= 0.6 is 0 Å². The minimum absolute atomic E-state index is 0.00514. The molecule has 1 unspecified atom stereocenters. The first kappa shape index (κ1) is 42.0. The van der Waals surface area contributed by atoms with Gasteiger partial charge in [0.15, 0.2) is 0 Å². The summed E-state index contributed by atoms with van der Waals surface area (Å²) >= 11 is 0. The molecule has 0 radical (unpaired) electrons. The van der Waals surface area contributed by atoms with Crippen LogP contribution in [0.5, 0.6) is 0 Å². The van der Waals surface area contributed by atoms with Crippen LogP contribution < -0.4 is 0 Å². The van der Waals surface area contributed by atoms with Gasteiger partial charge in [-0.1, -0.05) is 26.7 Å². The minimum atomic E-state index is -0.476. The fourth-order valence-electron chi connectivity index (χ4n) is 3.39. The van der Waals surface area contributed by atoms with Gasteiger partial charge in [-0.2, -0.15) is 0 Å². The normalized spacial score (nSPS) is 12.2. The molecule has 0 aromatic carbocycles. The Labute approximate surface area is 258 Å². The fourth-order valence-corrected chi connectivity index (χ4v) is 3.39. The quantitative estimate of drug-likeness (QED) is 0.0742. The Bertz CT molecular complexity index is 547. The largest absolute Gasteiger partial charge is 0.463 e. The molecule has 0 spiro atoms. The number of unbranched alkanes of at least 4 members (excludes halogenated alkanes) is 1. The van der Waals surface area contributed by atoms with Crippen LogP contribution in [0.25, 0.3) is 0 Å². The van der Waals surface area contributed by atoms with Crippen LogP contribution in [0.15, 0.2) is 0 Å². The summed E-state index contributed by atoms with van der Waals surface area (Å²) in [6.07, 6.45) is 3.83. The Morgan fingerprint density at radius 2 is 0.744 bits per heavy atom. The number of hydrogen-bond donors (Lipinski definition) is 0. The minimum Gasteiger partial charge on any atom is -0.463 e. The lowest BCUT2D eigenvalue weighted by Gasteiger charge is -2.13. The summed E-state index contributed by atoms with van der Waals surface area (Å²) in [5.74, 6) is -0.128. The van der Waals surface area contributed by atoms with Gasteiger partial charge in [0.05, 0.1) is 138 Å². The average molecular weight is 631 g/mol. The monoisotopic (exact) mass is 630 g/mol. The summed E-state index contributed by atoms with van der Waals surface area (Å²) < 4.78 is 70.8. The number of halogens is 1. The number of hydrogen-bond acceptors (Lipinski definition) is 12. The topological polar surface area (TPSA) is 119 Å². The summed E-state index contributed by atoms with van der Waals surface area (Å²) in [5, 5.41) is 0. The molecule has 13 heteroatoms. The van der Waals surface area contributed by atoms with Crippen molar-refractivity contribution in [3.8, 4) is 0 Å². The molecule has 0 aliphatic heterocycles. The molecule has 0 N–H and O–H groups in total. The Hall–Kier alpha value is -1.00. The first-order chi connectivity index (χ1) is 21.3. The molecule has 0 saturated carbocycles. The van der Waals surface area contributed by atoms with Crippen molar-refractivity contribution in [2.75, 3.05) is 145 Å². The summed E-state index contributed by atoms with van der Waals surface area (Å²) in [4.78, 5) is 12.0. The van der Waals surface area contributed by atoms with Crippen LogP contribution in [0, 0.1) is 5.92 Å². The van der Waals surface area contributed by atoms with E-state index in [1.165, 1.54) is 0 Å². The summed E-state index contributed by atoms with van der Waals surface area (Å²) in [6.45, 7) is 13.0. The van der Waals surface area contributed by atoms with Crippen LogP contribution in [-0.2, 0) is 56.9 Å². The molecular formula is C30H59FO12. The van der Waals surface area contributed by atoms with Crippen molar-refractivity contribution >= 4 is 5.97 Å². The van der Waals surface area contributed by atoms with Crippen molar-refractivity contribution in [2.45, 2.75) is 39.5 Å². The van der Waals surface area contributed by atoms with Gasteiger partial charge in [0, 0.05) is 0 Å². The average Bonchev–Trinajstić information content (AvgIpc) is 3.02. The van der Waals surface area contributed by atoms with Crippen molar-refractivity contribution in [2.24, 2.45) is 5.92 Å². The van der Waals surface area contributed by atoms with E-state index < -0.39 is 6.67 Å². The highest BCUT2D eigenvalue weighted by Gasteiger charge is 2.16. The van der Waals surface area contributed by atoms with Crippen LogP contribution in [0.4, 0.5) is 4.39 Å². The van der Waals surface area contributed by atoms with Crippen LogP contribution in [-0.4, -0.2) is 151 Å². The zero-order valence-corrected chi connectivity index (χ0v) is 26.7. The Balaban J connectivity index is 3.14. The van der Waals surface area contributed by atoms with Gasteiger partial charge in [0.2, 0.25) is 0 Å². The number of carbonyl (C=O) groups is 1. The van der Waals surface area contributed by atoms with E-state index in [4.69, 9.17) is 52.1 Å². The Kier molecular flexibility index (Phi) is 36.3. The summed E-state index contributed by atoms with van der Waals surface area (Å²) in [7, 11) is 0. The highest BCUT2D eigenvalue weighted by molar-refractivity contribution is 5.72. The maximum Gasteiger partial charge on any atom is 0.308 e. The highest BCUT2D eigenvalue weighted by atomic mass is 19.1. The van der Waals surface area contributed by atoms with Gasteiger partial charge in [-0.3, -0.25) is 4.79 Å². The van der Waals surface area contributed by atoms with Gasteiger partial charge in [0.1, 0.15) is 13.3 Å². The maximum absolute atomic E-state index is 12.0. The van der Waals surface area contributed by atoms with Crippen LogP contribution in [0.3, 0.4) is 0 Å². The third-order valence-electron chi connectivity index (χ3n) is 5.77. The molecule has 0 aliphatic rings. The molecule has 12 nitrogen and oxygen atoms in total. The lowest BCUT2D eigenvalue weighted by molar-refractivity contribution is -0.150. The molecule has 0 heterocycles. The Morgan fingerprint density at radius 1 is 0.465 bits per heavy atom. The van der Waals surface area contributed by atoms with E-state index in [0.29, 0.717) is 126 Å². The first-order valence-electron chi connectivity index (χ1n) is 15.8. The van der Waals surface area contributed by atoms with Crippen LogP contribution in [0.1, 0.15) is 39.5 Å². The lowest BCUT2D eigenvalue weighted by Crippen LogP contribution is -2.20. The zero-order chi connectivity index (χ0) is 31.3. The molecule has 1 atom stereocenters. The second-order valence-corrected chi connectivity index (χ2v) is 9.23. The summed E-state index contributed by atoms with van der Waals surface area (Å²) in [6, 6.07) is 0. The van der Waals surface area contributed by atoms with Crippen molar-refractivity contribution in [3.05, 3.63) is 0 Å². The molecular weight excluding hydrogens is 571 g/mol. The zero-order valence-electron chi connectivity index (χ0n) is 26.7. The number of alkyl halides is 1. The number of esters is 1. The third-order valence-corrected chi connectivity index (χ3v) is 5.77.